The lowest BCUT2D eigenvalue weighted by atomic mass is 9.96. The minimum absolute atomic E-state index is 0.364. The van der Waals surface area contributed by atoms with Crippen molar-refractivity contribution in [3.05, 3.63) is 24.3 Å². The van der Waals surface area contributed by atoms with Gasteiger partial charge in [0.15, 0.2) is 11.4 Å². The molecule has 2 heterocycles. The molecule has 20 heavy (non-hydrogen) atoms. The summed E-state index contributed by atoms with van der Waals surface area (Å²) in [5, 5.41) is 5.37. The standard InChI is InChI=1S/C16H23N3O/c1-16(2,3)12-18-8-10-19(11-9-18)15-13-6-4-5-7-14(13)20-17-15/h4-7H,8-12H2,1-3H3. The molecule has 4 heteroatoms. The maximum Gasteiger partial charge on any atom is 0.180 e. The van der Waals surface area contributed by atoms with Crippen molar-refractivity contribution in [2.75, 3.05) is 37.6 Å². The number of fused-ring (bicyclic) bond motifs is 1. The fourth-order valence-corrected chi connectivity index (χ4v) is 2.89. The normalized spacial score (nSPS) is 17.9. The SMILES string of the molecule is CC(C)(C)CN1CCN(c2noc3ccccc23)CC1. The highest BCUT2D eigenvalue weighted by molar-refractivity contribution is 5.88. The average Bonchev–Trinajstić information content (AvgIpc) is 2.82. The molecule has 0 N–H and O–H groups in total. The van der Waals surface area contributed by atoms with Crippen LogP contribution in [0.3, 0.4) is 0 Å². The van der Waals surface area contributed by atoms with Gasteiger partial charge in [-0.15, -0.1) is 0 Å². The smallest absolute Gasteiger partial charge is 0.180 e. The van der Waals surface area contributed by atoms with Gasteiger partial charge in [0.25, 0.3) is 0 Å². The van der Waals surface area contributed by atoms with Crippen molar-refractivity contribution in [3.8, 4) is 0 Å². The molecule has 0 radical (unpaired) electrons. The van der Waals surface area contributed by atoms with Crippen LogP contribution in [0.25, 0.3) is 11.0 Å². The average molecular weight is 273 g/mol. The van der Waals surface area contributed by atoms with Gasteiger partial charge in [0.1, 0.15) is 0 Å². The molecule has 1 aliphatic rings. The van der Waals surface area contributed by atoms with Gasteiger partial charge in [0.05, 0.1) is 5.39 Å². The Labute approximate surface area is 120 Å². The fraction of sp³-hybridized carbons (Fsp3) is 0.562. The summed E-state index contributed by atoms with van der Waals surface area (Å²) in [6.45, 7) is 12.3. The first-order valence-electron chi connectivity index (χ1n) is 7.35. The topological polar surface area (TPSA) is 32.5 Å². The van der Waals surface area contributed by atoms with Gasteiger partial charge in [0.2, 0.25) is 0 Å². The third-order valence-corrected chi connectivity index (χ3v) is 3.73. The van der Waals surface area contributed by atoms with E-state index in [-0.39, 0.29) is 0 Å². The molecule has 1 saturated heterocycles. The summed E-state index contributed by atoms with van der Waals surface area (Å²) in [5.74, 6) is 0.996. The number of anilines is 1. The Hall–Kier alpha value is -1.55. The van der Waals surface area contributed by atoms with Gasteiger partial charge >= 0.3 is 0 Å². The highest BCUT2D eigenvalue weighted by Crippen LogP contribution is 2.27. The van der Waals surface area contributed by atoms with E-state index in [1.54, 1.807) is 0 Å². The maximum atomic E-state index is 5.40. The van der Waals surface area contributed by atoms with Crippen molar-refractivity contribution < 1.29 is 4.52 Å². The van der Waals surface area contributed by atoms with E-state index in [1.165, 1.54) is 0 Å². The van der Waals surface area contributed by atoms with Gasteiger partial charge < -0.3 is 9.42 Å². The molecule has 0 bridgehead atoms. The predicted molar refractivity (Wildman–Crippen MR) is 82.1 cm³/mol. The summed E-state index contributed by atoms with van der Waals surface area (Å²) in [5.41, 5.74) is 1.24. The number of rotatable bonds is 2. The molecule has 0 spiro atoms. The first-order chi connectivity index (χ1) is 9.53. The fourth-order valence-electron chi connectivity index (χ4n) is 2.89. The van der Waals surface area contributed by atoms with Crippen molar-refractivity contribution in [1.29, 1.82) is 0 Å². The summed E-state index contributed by atoms with van der Waals surface area (Å²) in [6.07, 6.45) is 0. The van der Waals surface area contributed by atoms with E-state index >= 15 is 0 Å². The molecule has 3 rings (SSSR count). The second-order valence-electron chi connectivity index (χ2n) is 6.83. The number of piperazine rings is 1. The summed E-state index contributed by atoms with van der Waals surface area (Å²) in [4.78, 5) is 4.88. The molecule has 1 aromatic heterocycles. The summed E-state index contributed by atoms with van der Waals surface area (Å²) < 4.78 is 5.40. The maximum absolute atomic E-state index is 5.40. The third-order valence-electron chi connectivity index (χ3n) is 3.73. The summed E-state index contributed by atoms with van der Waals surface area (Å²) in [6, 6.07) is 8.09. The molecular formula is C16H23N3O. The zero-order chi connectivity index (χ0) is 14.2. The number of benzene rings is 1. The second kappa shape index (κ2) is 5.09. The van der Waals surface area contributed by atoms with Crippen molar-refractivity contribution in [3.63, 3.8) is 0 Å². The van der Waals surface area contributed by atoms with E-state index in [0.29, 0.717) is 5.41 Å². The lowest BCUT2D eigenvalue weighted by Gasteiger charge is -2.37. The third kappa shape index (κ3) is 2.80. The van der Waals surface area contributed by atoms with Crippen molar-refractivity contribution in [2.24, 2.45) is 5.41 Å². The van der Waals surface area contributed by atoms with E-state index in [9.17, 15) is 0 Å². The van der Waals surface area contributed by atoms with Crippen LogP contribution in [-0.2, 0) is 0 Å². The molecule has 2 aromatic rings. The van der Waals surface area contributed by atoms with E-state index < -0.39 is 0 Å². The van der Waals surface area contributed by atoms with Gasteiger partial charge in [-0.3, -0.25) is 4.90 Å². The Morgan fingerprint density at radius 3 is 2.50 bits per heavy atom. The Morgan fingerprint density at radius 2 is 1.80 bits per heavy atom. The molecule has 1 fully saturated rings. The predicted octanol–water partition coefficient (Wildman–Crippen LogP) is 3.00. The van der Waals surface area contributed by atoms with Gasteiger partial charge in [-0.25, -0.2) is 0 Å². The molecule has 0 saturated carbocycles. The number of aromatic nitrogens is 1. The quantitative estimate of drug-likeness (QED) is 0.842. The van der Waals surface area contributed by atoms with Crippen molar-refractivity contribution in [1.82, 2.24) is 10.1 Å². The lowest BCUT2D eigenvalue weighted by molar-refractivity contribution is 0.182. The van der Waals surface area contributed by atoms with Crippen LogP contribution in [0.2, 0.25) is 0 Å². The van der Waals surface area contributed by atoms with Crippen LogP contribution in [0.4, 0.5) is 5.82 Å². The van der Waals surface area contributed by atoms with E-state index in [4.69, 9.17) is 4.52 Å². The molecule has 108 valence electrons. The number of para-hydroxylation sites is 1. The molecule has 1 aromatic carbocycles. The Morgan fingerprint density at radius 1 is 1.10 bits per heavy atom. The molecule has 0 aliphatic carbocycles. The lowest BCUT2D eigenvalue weighted by Crippen LogP contribution is -2.48. The van der Waals surface area contributed by atoms with Gasteiger partial charge in [-0.2, -0.15) is 0 Å². The molecule has 1 aliphatic heterocycles. The largest absolute Gasteiger partial charge is 0.354 e. The number of hydrogen-bond donors (Lipinski definition) is 0. The summed E-state index contributed by atoms with van der Waals surface area (Å²) >= 11 is 0. The first-order valence-corrected chi connectivity index (χ1v) is 7.35. The monoisotopic (exact) mass is 273 g/mol. The van der Waals surface area contributed by atoms with Crippen LogP contribution in [-0.4, -0.2) is 42.8 Å². The zero-order valence-electron chi connectivity index (χ0n) is 12.6. The Bertz CT molecular complexity index is 577. The van der Waals surface area contributed by atoms with E-state index in [1.807, 2.05) is 18.2 Å². The van der Waals surface area contributed by atoms with Crippen LogP contribution in [0.15, 0.2) is 28.8 Å². The Balaban J connectivity index is 1.69. The van der Waals surface area contributed by atoms with Crippen molar-refractivity contribution >= 4 is 16.8 Å². The second-order valence-corrected chi connectivity index (χ2v) is 6.83. The molecule has 0 atom stereocenters. The van der Waals surface area contributed by atoms with Crippen LogP contribution >= 0.6 is 0 Å². The van der Waals surface area contributed by atoms with Crippen LogP contribution in [0.1, 0.15) is 20.8 Å². The van der Waals surface area contributed by atoms with Gasteiger partial charge in [0, 0.05) is 32.7 Å². The summed E-state index contributed by atoms with van der Waals surface area (Å²) in [7, 11) is 0. The van der Waals surface area contributed by atoms with Gasteiger partial charge in [-0.05, 0) is 17.5 Å². The minimum atomic E-state index is 0.364. The first kappa shape index (κ1) is 13.4. The molecular weight excluding hydrogens is 250 g/mol. The highest BCUT2D eigenvalue weighted by atomic mass is 16.5. The molecule has 0 amide bonds. The van der Waals surface area contributed by atoms with E-state index in [0.717, 1.165) is 49.5 Å². The zero-order valence-corrected chi connectivity index (χ0v) is 12.6. The van der Waals surface area contributed by atoms with Crippen molar-refractivity contribution in [2.45, 2.75) is 20.8 Å². The molecule has 4 nitrogen and oxygen atoms in total. The molecule has 0 unspecified atom stereocenters. The van der Waals surface area contributed by atoms with Gasteiger partial charge in [-0.1, -0.05) is 38.1 Å². The number of nitrogens with zero attached hydrogens (tertiary/aromatic N) is 3. The van der Waals surface area contributed by atoms with Crippen LogP contribution < -0.4 is 4.90 Å². The highest BCUT2D eigenvalue weighted by Gasteiger charge is 2.24. The number of hydrogen-bond acceptors (Lipinski definition) is 4. The minimum Gasteiger partial charge on any atom is -0.354 e. The van der Waals surface area contributed by atoms with Crippen LogP contribution in [0, 0.1) is 5.41 Å². The van der Waals surface area contributed by atoms with Crippen LogP contribution in [0.5, 0.6) is 0 Å². The Kier molecular flexibility index (Phi) is 3.42. The van der Waals surface area contributed by atoms with E-state index in [2.05, 4.69) is 41.8 Å².